The second-order valence-electron chi connectivity index (χ2n) is 3.71. The molecule has 0 atom stereocenters. The van der Waals surface area contributed by atoms with Crippen molar-refractivity contribution in [1.29, 1.82) is 0 Å². The predicted molar refractivity (Wildman–Crippen MR) is 68.9 cm³/mol. The Morgan fingerprint density at radius 3 is 2.24 bits per heavy atom. The van der Waals surface area contributed by atoms with Gasteiger partial charge in [-0.1, -0.05) is 48.2 Å². The molecule has 3 heteroatoms. The summed E-state index contributed by atoms with van der Waals surface area (Å²) in [5.74, 6) is 0. The van der Waals surface area contributed by atoms with Crippen molar-refractivity contribution in [3.63, 3.8) is 0 Å². The van der Waals surface area contributed by atoms with Crippen LogP contribution in [0, 0.1) is 0 Å². The lowest BCUT2D eigenvalue weighted by Gasteiger charge is -2.10. The number of hydrogen-bond donors (Lipinski definition) is 2. The van der Waals surface area contributed by atoms with Crippen LogP contribution in [0.5, 0.6) is 0 Å². The molecule has 2 aromatic rings. The first-order valence-electron chi connectivity index (χ1n) is 5.42. The van der Waals surface area contributed by atoms with E-state index in [4.69, 9.17) is 10.2 Å². The van der Waals surface area contributed by atoms with Gasteiger partial charge in [0.05, 0.1) is 0 Å². The molecule has 0 saturated heterocycles. The molecule has 0 spiro atoms. The van der Waals surface area contributed by atoms with Crippen molar-refractivity contribution in [3.8, 4) is 0 Å². The molecular weight excluding hydrogens is 232 g/mol. The van der Waals surface area contributed by atoms with Gasteiger partial charge in [-0.05, 0) is 23.8 Å². The quantitative estimate of drug-likeness (QED) is 0.815. The molecule has 0 saturated carbocycles. The van der Waals surface area contributed by atoms with Crippen molar-refractivity contribution >= 4 is 11.8 Å². The van der Waals surface area contributed by atoms with E-state index in [0.29, 0.717) is 0 Å². The summed E-state index contributed by atoms with van der Waals surface area (Å²) in [6.45, 7) is 0. The van der Waals surface area contributed by atoms with E-state index in [1.54, 1.807) is 11.8 Å². The first-order chi connectivity index (χ1) is 8.25. The van der Waals surface area contributed by atoms with Gasteiger partial charge < -0.3 is 10.2 Å². The average Bonchev–Trinajstić information content (AvgIpc) is 2.32. The molecule has 17 heavy (non-hydrogen) atoms. The van der Waals surface area contributed by atoms with Crippen LogP contribution in [0.3, 0.4) is 0 Å². The van der Waals surface area contributed by atoms with Crippen LogP contribution in [-0.2, 0) is 6.42 Å². The van der Waals surface area contributed by atoms with E-state index in [-0.39, 0.29) is 6.42 Å². The molecular formula is C14H14O2S. The summed E-state index contributed by atoms with van der Waals surface area (Å²) in [5, 5.41) is 18.1. The zero-order valence-electron chi connectivity index (χ0n) is 9.28. The van der Waals surface area contributed by atoms with Crippen molar-refractivity contribution in [2.75, 3.05) is 0 Å². The monoisotopic (exact) mass is 246 g/mol. The fourth-order valence-corrected chi connectivity index (χ4v) is 2.56. The van der Waals surface area contributed by atoms with Crippen molar-refractivity contribution < 1.29 is 10.2 Å². The van der Waals surface area contributed by atoms with Crippen LogP contribution < -0.4 is 0 Å². The van der Waals surface area contributed by atoms with E-state index in [0.717, 1.165) is 15.4 Å². The van der Waals surface area contributed by atoms with Gasteiger partial charge in [0.2, 0.25) is 0 Å². The maximum atomic E-state index is 9.04. The second kappa shape index (κ2) is 5.87. The molecule has 2 rings (SSSR count). The van der Waals surface area contributed by atoms with Crippen LogP contribution >= 0.6 is 11.8 Å². The minimum atomic E-state index is -1.30. The number of hydrogen-bond acceptors (Lipinski definition) is 3. The van der Waals surface area contributed by atoms with Gasteiger partial charge in [-0.3, -0.25) is 0 Å². The Kier molecular flexibility index (Phi) is 4.20. The third-order valence-electron chi connectivity index (χ3n) is 2.35. The maximum absolute atomic E-state index is 9.04. The first-order valence-corrected chi connectivity index (χ1v) is 6.24. The molecule has 2 N–H and O–H groups in total. The van der Waals surface area contributed by atoms with Crippen LogP contribution in [0.25, 0.3) is 0 Å². The molecule has 0 bridgehead atoms. The van der Waals surface area contributed by atoms with E-state index in [9.17, 15) is 0 Å². The van der Waals surface area contributed by atoms with Gasteiger partial charge in [0.1, 0.15) is 0 Å². The van der Waals surface area contributed by atoms with Gasteiger partial charge in [0.25, 0.3) is 0 Å². The highest BCUT2D eigenvalue weighted by Gasteiger charge is 2.07. The molecule has 0 aliphatic carbocycles. The molecule has 0 amide bonds. The van der Waals surface area contributed by atoms with Gasteiger partial charge in [-0.2, -0.15) is 0 Å². The molecule has 2 nitrogen and oxygen atoms in total. The van der Waals surface area contributed by atoms with E-state index < -0.39 is 6.29 Å². The zero-order valence-corrected chi connectivity index (χ0v) is 10.1. The Morgan fingerprint density at radius 2 is 1.53 bits per heavy atom. The van der Waals surface area contributed by atoms with Crippen LogP contribution in [-0.4, -0.2) is 16.5 Å². The molecule has 0 unspecified atom stereocenters. The molecule has 0 aliphatic rings. The number of rotatable bonds is 4. The SMILES string of the molecule is OC(O)Cc1ccccc1Sc1ccccc1. The minimum Gasteiger partial charge on any atom is -0.368 e. The fourth-order valence-electron chi connectivity index (χ4n) is 1.58. The summed E-state index contributed by atoms with van der Waals surface area (Å²) in [6.07, 6.45) is -1.04. The largest absolute Gasteiger partial charge is 0.368 e. The average molecular weight is 246 g/mol. The van der Waals surface area contributed by atoms with E-state index in [2.05, 4.69) is 0 Å². The molecule has 0 aromatic heterocycles. The van der Waals surface area contributed by atoms with Gasteiger partial charge in [-0.25, -0.2) is 0 Å². The maximum Gasteiger partial charge on any atom is 0.155 e. The van der Waals surface area contributed by atoms with E-state index in [1.807, 2.05) is 54.6 Å². The molecule has 0 aliphatic heterocycles. The van der Waals surface area contributed by atoms with Crippen molar-refractivity contribution in [2.24, 2.45) is 0 Å². The van der Waals surface area contributed by atoms with Crippen LogP contribution in [0.15, 0.2) is 64.4 Å². The lowest BCUT2D eigenvalue weighted by molar-refractivity contribution is -0.0385. The Hall–Kier alpha value is -1.29. The smallest absolute Gasteiger partial charge is 0.155 e. The molecule has 2 aromatic carbocycles. The van der Waals surface area contributed by atoms with E-state index in [1.165, 1.54) is 0 Å². The molecule has 88 valence electrons. The number of benzene rings is 2. The minimum absolute atomic E-state index is 0.260. The molecule has 0 fully saturated rings. The van der Waals surface area contributed by atoms with E-state index >= 15 is 0 Å². The van der Waals surface area contributed by atoms with Gasteiger partial charge in [0.15, 0.2) is 6.29 Å². The lowest BCUT2D eigenvalue weighted by Crippen LogP contribution is -2.08. The van der Waals surface area contributed by atoms with Crippen LogP contribution in [0.2, 0.25) is 0 Å². The number of aliphatic hydroxyl groups is 2. The Labute approximate surface area is 105 Å². The highest BCUT2D eigenvalue weighted by molar-refractivity contribution is 7.99. The van der Waals surface area contributed by atoms with Gasteiger partial charge in [0, 0.05) is 16.2 Å². The second-order valence-corrected chi connectivity index (χ2v) is 4.82. The van der Waals surface area contributed by atoms with Gasteiger partial charge in [-0.15, -0.1) is 0 Å². The highest BCUT2D eigenvalue weighted by Crippen LogP contribution is 2.30. The first kappa shape index (κ1) is 12.2. The van der Waals surface area contributed by atoms with Crippen molar-refractivity contribution in [3.05, 3.63) is 60.2 Å². The van der Waals surface area contributed by atoms with Gasteiger partial charge >= 0.3 is 0 Å². The third kappa shape index (κ3) is 3.60. The summed E-state index contributed by atoms with van der Waals surface area (Å²) < 4.78 is 0. The summed E-state index contributed by atoms with van der Waals surface area (Å²) in [7, 11) is 0. The highest BCUT2D eigenvalue weighted by atomic mass is 32.2. The number of aliphatic hydroxyl groups excluding tert-OH is 1. The topological polar surface area (TPSA) is 40.5 Å². The van der Waals surface area contributed by atoms with Crippen LogP contribution in [0.1, 0.15) is 5.56 Å². The normalized spacial score (nSPS) is 10.8. The summed E-state index contributed by atoms with van der Waals surface area (Å²) in [6, 6.07) is 17.8. The summed E-state index contributed by atoms with van der Waals surface area (Å²) >= 11 is 1.63. The third-order valence-corrected chi connectivity index (χ3v) is 3.47. The van der Waals surface area contributed by atoms with Crippen molar-refractivity contribution in [2.45, 2.75) is 22.5 Å². The Bertz CT molecular complexity index is 469. The Morgan fingerprint density at radius 1 is 0.882 bits per heavy atom. The lowest BCUT2D eigenvalue weighted by atomic mass is 10.1. The summed E-state index contributed by atoms with van der Waals surface area (Å²) in [4.78, 5) is 2.21. The Balaban J connectivity index is 2.20. The van der Waals surface area contributed by atoms with Crippen molar-refractivity contribution in [1.82, 2.24) is 0 Å². The summed E-state index contributed by atoms with van der Waals surface area (Å²) in [5.41, 5.74) is 0.955. The predicted octanol–water partition coefficient (Wildman–Crippen LogP) is 2.69. The standard InChI is InChI=1S/C14H14O2S/c15-14(16)10-11-6-4-5-9-13(11)17-12-7-2-1-3-8-12/h1-9,14-16H,10H2. The molecule has 0 heterocycles. The van der Waals surface area contributed by atoms with Crippen LogP contribution in [0.4, 0.5) is 0 Å². The fraction of sp³-hybridized carbons (Fsp3) is 0.143. The zero-order chi connectivity index (χ0) is 12.1. The molecule has 0 radical (unpaired) electrons.